The van der Waals surface area contributed by atoms with Gasteiger partial charge in [0.15, 0.2) is 0 Å². The molecule has 0 aliphatic carbocycles. The highest BCUT2D eigenvalue weighted by Gasteiger charge is 2.27. The third-order valence-electron chi connectivity index (χ3n) is 5.21. The number of sulfonamides is 1. The summed E-state index contributed by atoms with van der Waals surface area (Å²) >= 11 is 0. The largest absolute Gasteiger partial charge is 0.497 e. The Morgan fingerprint density at radius 3 is 2.00 bits per heavy atom. The van der Waals surface area contributed by atoms with E-state index in [1.807, 2.05) is 30.3 Å². The van der Waals surface area contributed by atoms with Crippen LogP contribution in [-0.2, 0) is 27.9 Å². The number of methoxy groups -OCH3 is 3. The highest BCUT2D eigenvalue weighted by Crippen LogP contribution is 2.28. The summed E-state index contributed by atoms with van der Waals surface area (Å²) in [4.78, 5) is 12.9. The minimum atomic E-state index is -3.96. The van der Waals surface area contributed by atoms with Crippen molar-refractivity contribution >= 4 is 15.9 Å². The molecule has 0 aliphatic rings. The van der Waals surface area contributed by atoms with E-state index in [9.17, 15) is 13.2 Å². The van der Waals surface area contributed by atoms with Gasteiger partial charge in [-0.3, -0.25) is 4.79 Å². The summed E-state index contributed by atoms with van der Waals surface area (Å²) in [5.74, 6) is 1.20. The molecule has 3 aromatic carbocycles. The first kappa shape index (κ1) is 25.1. The van der Waals surface area contributed by atoms with Crippen LogP contribution < -0.4 is 19.5 Å². The van der Waals surface area contributed by atoms with Crippen molar-refractivity contribution < 1.29 is 27.4 Å². The second kappa shape index (κ2) is 11.5. The van der Waals surface area contributed by atoms with Gasteiger partial charge < -0.3 is 19.5 Å². The fraction of sp³-hybridized carbons (Fsp3) is 0.240. The van der Waals surface area contributed by atoms with Gasteiger partial charge in [-0.2, -0.15) is 4.31 Å². The summed E-state index contributed by atoms with van der Waals surface area (Å²) in [5, 5.41) is 2.78. The minimum Gasteiger partial charge on any atom is -0.497 e. The number of hydrogen-bond acceptors (Lipinski definition) is 6. The quantitative estimate of drug-likeness (QED) is 0.449. The van der Waals surface area contributed by atoms with E-state index < -0.39 is 15.9 Å². The van der Waals surface area contributed by atoms with Crippen LogP contribution in [0.1, 0.15) is 11.1 Å². The molecular formula is C25H28N2O6S. The summed E-state index contributed by atoms with van der Waals surface area (Å²) < 4.78 is 43.8. The Morgan fingerprint density at radius 2 is 1.44 bits per heavy atom. The Balaban J connectivity index is 1.82. The third kappa shape index (κ3) is 6.06. The van der Waals surface area contributed by atoms with Gasteiger partial charge in [0.25, 0.3) is 0 Å². The molecular weight excluding hydrogens is 456 g/mol. The van der Waals surface area contributed by atoms with Crippen LogP contribution in [0.25, 0.3) is 0 Å². The highest BCUT2D eigenvalue weighted by molar-refractivity contribution is 7.89. The molecule has 1 amide bonds. The number of carbonyl (C=O) groups is 1. The van der Waals surface area contributed by atoms with E-state index in [2.05, 4.69) is 5.32 Å². The van der Waals surface area contributed by atoms with Crippen molar-refractivity contribution in [3.8, 4) is 17.2 Å². The monoisotopic (exact) mass is 484 g/mol. The van der Waals surface area contributed by atoms with Gasteiger partial charge in [0.1, 0.15) is 17.2 Å². The molecule has 0 aromatic heterocycles. The van der Waals surface area contributed by atoms with Crippen LogP contribution >= 0.6 is 0 Å². The van der Waals surface area contributed by atoms with E-state index in [4.69, 9.17) is 14.2 Å². The summed E-state index contributed by atoms with van der Waals surface area (Å²) in [6.45, 7) is -0.199. The molecule has 3 aromatic rings. The number of hydrogen-bond donors (Lipinski definition) is 1. The van der Waals surface area contributed by atoms with Crippen molar-refractivity contribution in [2.45, 2.75) is 18.0 Å². The molecule has 3 rings (SSSR count). The summed E-state index contributed by atoms with van der Waals surface area (Å²) in [7, 11) is 0.608. The van der Waals surface area contributed by atoms with Gasteiger partial charge in [-0.1, -0.05) is 36.4 Å². The fourth-order valence-electron chi connectivity index (χ4n) is 3.41. The Labute approximate surface area is 200 Å². The number of nitrogens with zero attached hydrogens (tertiary/aromatic N) is 1. The molecule has 180 valence electrons. The number of rotatable bonds is 11. The minimum absolute atomic E-state index is 0.0423. The van der Waals surface area contributed by atoms with E-state index in [1.165, 1.54) is 33.5 Å². The molecule has 0 fully saturated rings. The van der Waals surface area contributed by atoms with Crippen LogP contribution in [0.5, 0.6) is 17.2 Å². The molecule has 0 radical (unpaired) electrons. The van der Waals surface area contributed by atoms with Crippen molar-refractivity contribution in [3.05, 3.63) is 83.9 Å². The molecule has 0 heterocycles. The van der Waals surface area contributed by atoms with Crippen molar-refractivity contribution in [1.29, 1.82) is 0 Å². The standard InChI is InChI=1S/C25H28N2O6S/c1-31-20-12-14-21(15-13-20)34(29,30)27(17-19-8-5-4-6-9-19)18-25(28)26-16-22-23(32-2)10-7-11-24(22)33-3/h4-15H,16-18H2,1-3H3,(H,26,28). The molecule has 9 heteroatoms. The predicted octanol–water partition coefficient (Wildman–Crippen LogP) is 3.22. The second-order valence-electron chi connectivity index (χ2n) is 7.35. The van der Waals surface area contributed by atoms with E-state index in [0.717, 1.165) is 9.87 Å². The maximum atomic E-state index is 13.4. The molecule has 0 unspecified atom stereocenters. The lowest BCUT2D eigenvalue weighted by molar-refractivity contribution is -0.121. The van der Waals surface area contributed by atoms with Crippen LogP contribution in [0.3, 0.4) is 0 Å². The van der Waals surface area contributed by atoms with Gasteiger partial charge in [-0.15, -0.1) is 0 Å². The molecule has 0 spiro atoms. The zero-order valence-electron chi connectivity index (χ0n) is 19.4. The average Bonchev–Trinajstić information content (AvgIpc) is 2.87. The Morgan fingerprint density at radius 1 is 0.824 bits per heavy atom. The first-order valence-corrected chi connectivity index (χ1v) is 12.0. The van der Waals surface area contributed by atoms with Gasteiger partial charge >= 0.3 is 0 Å². The maximum Gasteiger partial charge on any atom is 0.243 e. The SMILES string of the molecule is COc1ccc(S(=O)(=O)N(CC(=O)NCc2c(OC)cccc2OC)Cc2ccccc2)cc1. The number of carbonyl (C=O) groups excluding carboxylic acids is 1. The zero-order chi connectivity index (χ0) is 24.6. The first-order valence-electron chi connectivity index (χ1n) is 10.5. The number of amides is 1. The van der Waals surface area contributed by atoms with Gasteiger partial charge in [0.05, 0.1) is 44.9 Å². The lowest BCUT2D eigenvalue weighted by atomic mass is 10.1. The Kier molecular flexibility index (Phi) is 8.50. The molecule has 34 heavy (non-hydrogen) atoms. The van der Waals surface area contributed by atoms with Crippen LogP contribution in [0, 0.1) is 0 Å². The van der Waals surface area contributed by atoms with Crippen molar-refractivity contribution in [2.24, 2.45) is 0 Å². The van der Waals surface area contributed by atoms with Crippen LogP contribution in [0.15, 0.2) is 77.7 Å². The highest BCUT2D eigenvalue weighted by atomic mass is 32.2. The normalized spacial score (nSPS) is 11.2. The average molecular weight is 485 g/mol. The molecule has 0 bridgehead atoms. The van der Waals surface area contributed by atoms with E-state index in [1.54, 1.807) is 30.3 Å². The molecule has 8 nitrogen and oxygen atoms in total. The third-order valence-corrected chi connectivity index (χ3v) is 7.02. The van der Waals surface area contributed by atoms with Gasteiger partial charge in [0.2, 0.25) is 15.9 Å². The lowest BCUT2D eigenvalue weighted by Gasteiger charge is -2.22. The molecule has 0 saturated carbocycles. The number of ether oxygens (including phenoxy) is 3. The van der Waals surface area contributed by atoms with Gasteiger partial charge in [0, 0.05) is 6.54 Å². The smallest absolute Gasteiger partial charge is 0.243 e. The zero-order valence-corrected chi connectivity index (χ0v) is 20.2. The topological polar surface area (TPSA) is 94.2 Å². The van der Waals surface area contributed by atoms with Crippen LogP contribution in [-0.4, -0.2) is 46.5 Å². The van der Waals surface area contributed by atoms with Crippen molar-refractivity contribution in [3.63, 3.8) is 0 Å². The van der Waals surface area contributed by atoms with Crippen LogP contribution in [0.4, 0.5) is 0 Å². The molecule has 0 atom stereocenters. The first-order chi connectivity index (χ1) is 16.4. The van der Waals surface area contributed by atoms with Gasteiger partial charge in [-0.25, -0.2) is 8.42 Å². The van der Waals surface area contributed by atoms with E-state index in [-0.39, 0.29) is 24.5 Å². The fourth-order valence-corrected chi connectivity index (χ4v) is 4.80. The Hall–Kier alpha value is -3.56. The predicted molar refractivity (Wildman–Crippen MR) is 128 cm³/mol. The summed E-state index contributed by atoms with van der Waals surface area (Å²) in [5.41, 5.74) is 1.42. The maximum absolute atomic E-state index is 13.4. The summed E-state index contributed by atoms with van der Waals surface area (Å²) in [6, 6.07) is 20.5. The Bertz CT molecular complexity index is 1180. The van der Waals surface area contributed by atoms with Crippen molar-refractivity contribution in [1.82, 2.24) is 9.62 Å². The second-order valence-corrected chi connectivity index (χ2v) is 9.29. The lowest BCUT2D eigenvalue weighted by Crippen LogP contribution is -2.40. The van der Waals surface area contributed by atoms with Crippen molar-refractivity contribution in [2.75, 3.05) is 27.9 Å². The number of benzene rings is 3. The number of nitrogens with one attached hydrogen (secondary N) is 1. The van der Waals surface area contributed by atoms with Crippen LogP contribution in [0.2, 0.25) is 0 Å². The van der Waals surface area contributed by atoms with E-state index in [0.29, 0.717) is 22.8 Å². The van der Waals surface area contributed by atoms with Gasteiger partial charge in [-0.05, 0) is 42.0 Å². The molecule has 0 aliphatic heterocycles. The van der Waals surface area contributed by atoms with E-state index >= 15 is 0 Å². The summed E-state index contributed by atoms with van der Waals surface area (Å²) in [6.07, 6.45) is 0. The molecule has 0 saturated heterocycles. The molecule has 1 N–H and O–H groups in total.